The molecule has 5 aliphatic heterocycles. The van der Waals surface area contributed by atoms with Gasteiger partial charge in [-0.15, -0.1) is 0 Å². The minimum atomic E-state index is -0.746. The SMILES string of the molecule is O=C(NCCN1CCOCC1)C1C2C(=O)N(c3ccc4c(c3)OCO4)C[C@@]23C=C[C@H]1O3. The number of ether oxygens (including phenoxy) is 4. The molecule has 1 N–H and O–H groups in total. The Kier molecular flexibility index (Phi) is 4.45. The lowest BCUT2D eigenvalue weighted by Crippen LogP contribution is -2.46. The molecule has 0 aromatic heterocycles. The molecule has 2 bridgehead atoms. The standard InChI is InChI=1S/C22H25N3O6/c26-20(23-5-6-24-7-9-28-10-8-24)18-16-3-4-22(31-16)12-25(21(27)19(18)22)14-1-2-15-17(11-14)30-13-29-15/h1-4,11,16,18-19H,5-10,12-13H2,(H,23,26)/t16-,18?,19?,22+/m1/s1. The third-order valence-corrected chi connectivity index (χ3v) is 6.90. The fraction of sp³-hybridized carbons (Fsp3) is 0.545. The number of rotatable bonds is 5. The van der Waals surface area contributed by atoms with Crippen LogP contribution in [0.2, 0.25) is 0 Å². The van der Waals surface area contributed by atoms with Gasteiger partial charge in [0.05, 0.1) is 37.7 Å². The molecule has 3 fully saturated rings. The van der Waals surface area contributed by atoms with Gasteiger partial charge in [-0.25, -0.2) is 0 Å². The fourth-order valence-corrected chi connectivity index (χ4v) is 5.35. The van der Waals surface area contributed by atoms with Crippen molar-refractivity contribution in [3.8, 4) is 11.5 Å². The van der Waals surface area contributed by atoms with Gasteiger partial charge < -0.3 is 29.2 Å². The van der Waals surface area contributed by atoms with Crippen molar-refractivity contribution in [3.63, 3.8) is 0 Å². The molecule has 9 nitrogen and oxygen atoms in total. The van der Waals surface area contributed by atoms with Gasteiger partial charge in [0.15, 0.2) is 11.5 Å². The second-order valence-corrected chi connectivity index (χ2v) is 8.61. The minimum absolute atomic E-state index is 0.0842. The van der Waals surface area contributed by atoms with Crippen LogP contribution in [0, 0.1) is 11.8 Å². The van der Waals surface area contributed by atoms with E-state index in [0.717, 1.165) is 38.5 Å². The number of anilines is 1. The van der Waals surface area contributed by atoms with E-state index in [0.29, 0.717) is 24.6 Å². The summed E-state index contributed by atoms with van der Waals surface area (Å²) in [6.45, 7) is 5.10. The summed E-state index contributed by atoms with van der Waals surface area (Å²) < 4.78 is 22.4. The molecule has 4 atom stereocenters. The van der Waals surface area contributed by atoms with Crippen LogP contribution in [-0.4, -0.2) is 81.1 Å². The molecule has 0 saturated carbocycles. The molecule has 1 aromatic carbocycles. The molecule has 9 heteroatoms. The highest BCUT2D eigenvalue weighted by Gasteiger charge is 2.67. The zero-order valence-electron chi connectivity index (χ0n) is 17.1. The molecule has 0 radical (unpaired) electrons. The van der Waals surface area contributed by atoms with Crippen LogP contribution in [0.5, 0.6) is 11.5 Å². The van der Waals surface area contributed by atoms with Gasteiger partial charge in [0.25, 0.3) is 0 Å². The molecule has 1 aromatic rings. The number of nitrogens with zero attached hydrogens (tertiary/aromatic N) is 2. The van der Waals surface area contributed by atoms with E-state index < -0.39 is 17.4 Å². The Hall–Kier alpha value is -2.62. The monoisotopic (exact) mass is 427 g/mol. The van der Waals surface area contributed by atoms with Crippen LogP contribution in [0.25, 0.3) is 0 Å². The molecule has 5 aliphatic rings. The maximum Gasteiger partial charge on any atom is 0.234 e. The maximum atomic E-state index is 13.4. The molecule has 164 valence electrons. The summed E-state index contributed by atoms with van der Waals surface area (Å²) in [5.41, 5.74) is -0.0189. The Labute approximate surface area is 179 Å². The van der Waals surface area contributed by atoms with Gasteiger partial charge in [0, 0.05) is 37.9 Å². The van der Waals surface area contributed by atoms with Crippen molar-refractivity contribution in [2.45, 2.75) is 11.7 Å². The number of hydrogen-bond acceptors (Lipinski definition) is 7. The van der Waals surface area contributed by atoms with Crippen LogP contribution in [0.1, 0.15) is 0 Å². The predicted molar refractivity (Wildman–Crippen MR) is 109 cm³/mol. The molecular weight excluding hydrogens is 402 g/mol. The largest absolute Gasteiger partial charge is 0.454 e. The first-order valence-corrected chi connectivity index (χ1v) is 10.8. The minimum Gasteiger partial charge on any atom is -0.454 e. The van der Waals surface area contributed by atoms with E-state index in [9.17, 15) is 9.59 Å². The third-order valence-electron chi connectivity index (χ3n) is 6.90. The summed E-state index contributed by atoms with van der Waals surface area (Å²) in [6, 6.07) is 5.46. The first kappa shape index (κ1) is 19.1. The Balaban J connectivity index is 1.17. The van der Waals surface area contributed by atoms with Crippen LogP contribution in [-0.2, 0) is 19.1 Å². The van der Waals surface area contributed by atoms with E-state index in [4.69, 9.17) is 18.9 Å². The van der Waals surface area contributed by atoms with E-state index in [1.165, 1.54) is 0 Å². The van der Waals surface area contributed by atoms with Gasteiger partial charge >= 0.3 is 0 Å². The molecule has 3 saturated heterocycles. The van der Waals surface area contributed by atoms with E-state index >= 15 is 0 Å². The third kappa shape index (κ3) is 3.02. The fourth-order valence-electron chi connectivity index (χ4n) is 5.35. The smallest absolute Gasteiger partial charge is 0.234 e. The van der Waals surface area contributed by atoms with Crippen LogP contribution in [0.3, 0.4) is 0 Å². The van der Waals surface area contributed by atoms with E-state index in [2.05, 4.69) is 10.2 Å². The van der Waals surface area contributed by atoms with Gasteiger partial charge in [-0.1, -0.05) is 12.2 Å². The van der Waals surface area contributed by atoms with E-state index in [1.54, 1.807) is 11.0 Å². The second kappa shape index (κ2) is 7.22. The number of amides is 2. The number of nitrogens with one attached hydrogen (secondary N) is 1. The molecule has 31 heavy (non-hydrogen) atoms. The molecule has 5 heterocycles. The summed E-state index contributed by atoms with van der Waals surface area (Å²) in [5.74, 6) is 0.0632. The van der Waals surface area contributed by atoms with Gasteiger partial charge in [-0.3, -0.25) is 14.5 Å². The van der Waals surface area contributed by atoms with Crippen LogP contribution in [0.4, 0.5) is 5.69 Å². The normalized spacial score (nSPS) is 33.2. The van der Waals surface area contributed by atoms with Crippen molar-refractivity contribution in [1.82, 2.24) is 10.2 Å². The van der Waals surface area contributed by atoms with Crippen LogP contribution >= 0.6 is 0 Å². The maximum absolute atomic E-state index is 13.4. The predicted octanol–water partition coefficient (Wildman–Crippen LogP) is 0.150. The number of morpholine rings is 1. The molecule has 1 spiro atoms. The highest BCUT2D eigenvalue weighted by molar-refractivity contribution is 6.03. The van der Waals surface area contributed by atoms with Gasteiger partial charge in [-0.05, 0) is 12.1 Å². The first-order chi connectivity index (χ1) is 15.1. The van der Waals surface area contributed by atoms with Gasteiger partial charge in [0.2, 0.25) is 18.6 Å². The summed E-state index contributed by atoms with van der Waals surface area (Å²) in [5, 5.41) is 3.03. The Morgan fingerprint density at radius 3 is 2.90 bits per heavy atom. The zero-order chi connectivity index (χ0) is 21.0. The van der Waals surface area contributed by atoms with E-state index in [-0.39, 0.29) is 24.7 Å². The Morgan fingerprint density at radius 2 is 2.03 bits per heavy atom. The van der Waals surface area contributed by atoms with Crippen LogP contribution < -0.4 is 19.7 Å². The van der Waals surface area contributed by atoms with Crippen LogP contribution in [0.15, 0.2) is 30.4 Å². The average molecular weight is 427 g/mol. The molecule has 0 aliphatic carbocycles. The van der Waals surface area contributed by atoms with Gasteiger partial charge in [0.1, 0.15) is 5.60 Å². The quantitative estimate of drug-likeness (QED) is 0.669. The highest BCUT2D eigenvalue weighted by Crippen LogP contribution is 2.53. The first-order valence-electron chi connectivity index (χ1n) is 10.8. The van der Waals surface area contributed by atoms with Gasteiger partial charge in [-0.2, -0.15) is 0 Å². The number of fused-ring (bicyclic) bond motifs is 2. The summed E-state index contributed by atoms with van der Waals surface area (Å²) >= 11 is 0. The van der Waals surface area contributed by atoms with Crippen molar-refractivity contribution >= 4 is 17.5 Å². The van der Waals surface area contributed by atoms with E-state index in [1.807, 2.05) is 24.3 Å². The van der Waals surface area contributed by atoms with Crippen molar-refractivity contribution in [2.24, 2.45) is 11.8 Å². The zero-order valence-corrected chi connectivity index (χ0v) is 17.1. The average Bonchev–Trinajstić information content (AvgIpc) is 3.54. The van der Waals surface area contributed by atoms with Crippen molar-refractivity contribution in [1.29, 1.82) is 0 Å². The number of hydrogen-bond donors (Lipinski definition) is 1. The number of carbonyl (C=O) groups is 2. The summed E-state index contributed by atoms with van der Waals surface area (Å²) in [7, 11) is 0. The highest BCUT2D eigenvalue weighted by atomic mass is 16.7. The molecule has 6 rings (SSSR count). The number of benzene rings is 1. The lowest BCUT2D eigenvalue weighted by molar-refractivity contribution is -0.132. The second-order valence-electron chi connectivity index (χ2n) is 8.61. The Bertz CT molecular complexity index is 945. The lowest BCUT2D eigenvalue weighted by Gasteiger charge is -2.27. The molecule has 2 unspecified atom stereocenters. The number of carbonyl (C=O) groups excluding carboxylic acids is 2. The lowest BCUT2D eigenvalue weighted by atomic mass is 9.77. The van der Waals surface area contributed by atoms with Crippen molar-refractivity contribution < 1.29 is 28.5 Å². The summed E-state index contributed by atoms with van der Waals surface area (Å²) in [6.07, 6.45) is 3.54. The molecular formula is C22H25N3O6. The Morgan fingerprint density at radius 1 is 1.19 bits per heavy atom. The summed E-state index contributed by atoms with van der Waals surface area (Å²) in [4.78, 5) is 30.5. The van der Waals surface area contributed by atoms with Crippen molar-refractivity contribution in [3.05, 3.63) is 30.4 Å². The molecule has 2 amide bonds. The topological polar surface area (TPSA) is 89.6 Å². The van der Waals surface area contributed by atoms with Crippen molar-refractivity contribution in [2.75, 3.05) is 57.6 Å².